The van der Waals surface area contributed by atoms with Gasteiger partial charge in [0.1, 0.15) is 5.75 Å². The Balaban J connectivity index is 2.36. The molecule has 0 fully saturated rings. The van der Waals surface area contributed by atoms with E-state index < -0.39 is 0 Å². The number of aromatic amines is 1. The zero-order chi connectivity index (χ0) is 12.7. The van der Waals surface area contributed by atoms with Crippen LogP contribution in [0.15, 0.2) is 36.4 Å². The molecule has 0 amide bonds. The standard InChI is InChI=1S/C16H17NO/c1-10(2)18-15-9-11(3)8-13-12-6-4-5-7-14(12)17-16(13)15/h4-10,17H,1-3H3. The molecule has 0 atom stereocenters. The first-order valence-electron chi connectivity index (χ1n) is 6.33. The van der Waals surface area contributed by atoms with Crippen molar-refractivity contribution in [3.05, 3.63) is 42.0 Å². The summed E-state index contributed by atoms with van der Waals surface area (Å²) in [4.78, 5) is 3.45. The lowest BCUT2D eigenvalue weighted by Crippen LogP contribution is -2.06. The number of fused-ring (bicyclic) bond motifs is 3. The first-order valence-corrected chi connectivity index (χ1v) is 6.33. The van der Waals surface area contributed by atoms with Crippen molar-refractivity contribution in [3.8, 4) is 5.75 Å². The molecule has 2 heteroatoms. The maximum Gasteiger partial charge on any atom is 0.144 e. The van der Waals surface area contributed by atoms with E-state index in [1.807, 2.05) is 6.07 Å². The fourth-order valence-electron chi connectivity index (χ4n) is 2.40. The van der Waals surface area contributed by atoms with Crippen LogP contribution in [-0.4, -0.2) is 11.1 Å². The number of para-hydroxylation sites is 1. The van der Waals surface area contributed by atoms with Gasteiger partial charge in [-0.05, 0) is 44.5 Å². The van der Waals surface area contributed by atoms with Crippen molar-refractivity contribution in [2.75, 3.05) is 0 Å². The quantitative estimate of drug-likeness (QED) is 0.703. The van der Waals surface area contributed by atoms with E-state index in [0.29, 0.717) is 0 Å². The molecule has 0 radical (unpaired) electrons. The topological polar surface area (TPSA) is 25.0 Å². The van der Waals surface area contributed by atoms with Gasteiger partial charge in [-0.1, -0.05) is 18.2 Å². The normalized spacial score (nSPS) is 11.6. The van der Waals surface area contributed by atoms with Gasteiger partial charge in [-0.2, -0.15) is 0 Å². The number of ether oxygens (including phenoxy) is 1. The number of hydrogen-bond donors (Lipinski definition) is 1. The minimum Gasteiger partial charge on any atom is -0.489 e. The summed E-state index contributed by atoms with van der Waals surface area (Å²) in [6.45, 7) is 6.21. The highest BCUT2D eigenvalue weighted by atomic mass is 16.5. The van der Waals surface area contributed by atoms with Gasteiger partial charge < -0.3 is 9.72 Å². The molecule has 1 heterocycles. The van der Waals surface area contributed by atoms with Gasteiger partial charge in [0.25, 0.3) is 0 Å². The second-order valence-corrected chi connectivity index (χ2v) is 5.02. The molecule has 0 spiro atoms. The van der Waals surface area contributed by atoms with Crippen molar-refractivity contribution in [1.29, 1.82) is 0 Å². The van der Waals surface area contributed by atoms with Crippen molar-refractivity contribution in [2.45, 2.75) is 26.9 Å². The molecule has 0 aliphatic heterocycles. The average Bonchev–Trinajstić information content (AvgIpc) is 2.67. The van der Waals surface area contributed by atoms with E-state index in [1.165, 1.54) is 16.3 Å². The largest absolute Gasteiger partial charge is 0.489 e. The molecule has 3 aromatic rings. The Morgan fingerprint density at radius 3 is 2.61 bits per heavy atom. The van der Waals surface area contributed by atoms with Crippen LogP contribution in [0.4, 0.5) is 0 Å². The molecule has 2 nitrogen and oxygen atoms in total. The van der Waals surface area contributed by atoms with E-state index in [2.05, 4.69) is 56.1 Å². The Morgan fingerprint density at radius 1 is 1.06 bits per heavy atom. The molecular weight excluding hydrogens is 222 g/mol. The smallest absolute Gasteiger partial charge is 0.144 e. The summed E-state index contributed by atoms with van der Waals surface area (Å²) < 4.78 is 5.91. The van der Waals surface area contributed by atoms with Gasteiger partial charge in [0.2, 0.25) is 0 Å². The summed E-state index contributed by atoms with van der Waals surface area (Å²) in [5.74, 6) is 0.941. The van der Waals surface area contributed by atoms with Crippen LogP contribution < -0.4 is 4.74 Å². The van der Waals surface area contributed by atoms with Crippen molar-refractivity contribution in [1.82, 2.24) is 4.98 Å². The third-order valence-corrected chi connectivity index (χ3v) is 3.09. The van der Waals surface area contributed by atoms with E-state index in [1.54, 1.807) is 0 Å². The van der Waals surface area contributed by atoms with E-state index in [0.717, 1.165) is 16.8 Å². The van der Waals surface area contributed by atoms with Gasteiger partial charge in [-0.25, -0.2) is 0 Å². The number of hydrogen-bond acceptors (Lipinski definition) is 1. The molecule has 0 aliphatic rings. The van der Waals surface area contributed by atoms with Crippen LogP contribution in [0.1, 0.15) is 19.4 Å². The first-order chi connectivity index (χ1) is 8.65. The molecule has 0 aliphatic carbocycles. The van der Waals surface area contributed by atoms with Gasteiger partial charge in [-0.3, -0.25) is 0 Å². The number of aromatic nitrogens is 1. The first kappa shape index (κ1) is 11.1. The maximum atomic E-state index is 5.91. The van der Waals surface area contributed by atoms with E-state index >= 15 is 0 Å². The van der Waals surface area contributed by atoms with Crippen molar-refractivity contribution < 1.29 is 4.74 Å². The number of rotatable bonds is 2. The Hall–Kier alpha value is -1.96. The molecule has 0 saturated carbocycles. The highest BCUT2D eigenvalue weighted by molar-refractivity contribution is 6.09. The van der Waals surface area contributed by atoms with Crippen LogP contribution in [-0.2, 0) is 0 Å². The lowest BCUT2D eigenvalue weighted by Gasteiger charge is -2.11. The third-order valence-electron chi connectivity index (χ3n) is 3.09. The fourth-order valence-corrected chi connectivity index (χ4v) is 2.40. The number of H-pyrrole nitrogens is 1. The number of aryl methyl sites for hydroxylation is 1. The number of benzene rings is 2. The van der Waals surface area contributed by atoms with E-state index in [-0.39, 0.29) is 6.10 Å². The van der Waals surface area contributed by atoms with Crippen LogP contribution in [0, 0.1) is 6.92 Å². The van der Waals surface area contributed by atoms with Gasteiger partial charge in [0.05, 0.1) is 11.6 Å². The van der Waals surface area contributed by atoms with E-state index in [4.69, 9.17) is 4.74 Å². The van der Waals surface area contributed by atoms with Crippen LogP contribution in [0.3, 0.4) is 0 Å². The van der Waals surface area contributed by atoms with Crippen molar-refractivity contribution in [3.63, 3.8) is 0 Å². The Kier molecular flexibility index (Phi) is 2.51. The SMILES string of the molecule is Cc1cc(OC(C)C)c2[nH]c3ccccc3c2c1. The summed E-state index contributed by atoms with van der Waals surface area (Å²) in [7, 11) is 0. The average molecular weight is 239 g/mol. The molecule has 3 rings (SSSR count). The predicted octanol–water partition coefficient (Wildman–Crippen LogP) is 4.42. The van der Waals surface area contributed by atoms with Gasteiger partial charge in [-0.15, -0.1) is 0 Å². The van der Waals surface area contributed by atoms with Crippen molar-refractivity contribution >= 4 is 21.8 Å². The minimum atomic E-state index is 0.182. The molecule has 92 valence electrons. The van der Waals surface area contributed by atoms with Gasteiger partial charge >= 0.3 is 0 Å². The Bertz CT molecular complexity index is 710. The molecule has 1 aromatic heterocycles. The summed E-state index contributed by atoms with van der Waals surface area (Å²) in [5.41, 5.74) is 3.48. The summed E-state index contributed by atoms with van der Waals surface area (Å²) >= 11 is 0. The molecule has 0 unspecified atom stereocenters. The monoisotopic (exact) mass is 239 g/mol. The Morgan fingerprint density at radius 2 is 1.83 bits per heavy atom. The minimum absolute atomic E-state index is 0.182. The van der Waals surface area contributed by atoms with Gasteiger partial charge in [0.15, 0.2) is 0 Å². The lowest BCUT2D eigenvalue weighted by molar-refractivity contribution is 0.245. The summed E-state index contributed by atoms with van der Waals surface area (Å²) in [5, 5.41) is 2.49. The fraction of sp³-hybridized carbons (Fsp3) is 0.250. The van der Waals surface area contributed by atoms with Crippen LogP contribution in [0.2, 0.25) is 0 Å². The highest BCUT2D eigenvalue weighted by Gasteiger charge is 2.10. The maximum absolute atomic E-state index is 5.91. The summed E-state index contributed by atoms with van der Waals surface area (Å²) in [6.07, 6.45) is 0.182. The van der Waals surface area contributed by atoms with Crippen LogP contribution >= 0.6 is 0 Å². The molecule has 1 N–H and O–H groups in total. The summed E-state index contributed by atoms with van der Waals surface area (Å²) in [6, 6.07) is 12.7. The molecule has 18 heavy (non-hydrogen) atoms. The second-order valence-electron chi connectivity index (χ2n) is 5.02. The lowest BCUT2D eigenvalue weighted by atomic mass is 10.1. The molecule has 0 bridgehead atoms. The molecular formula is C16H17NO. The molecule has 2 aromatic carbocycles. The zero-order valence-electron chi connectivity index (χ0n) is 10.9. The van der Waals surface area contributed by atoms with Gasteiger partial charge in [0, 0.05) is 16.3 Å². The zero-order valence-corrected chi connectivity index (χ0v) is 10.9. The second kappa shape index (κ2) is 4.05. The predicted molar refractivity (Wildman–Crippen MR) is 76.3 cm³/mol. The third kappa shape index (κ3) is 1.74. The van der Waals surface area contributed by atoms with Crippen LogP contribution in [0.5, 0.6) is 5.75 Å². The van der Waals surface area contributed by atoms with Crippen LogP contribution in [0.25, 0.3) is 21.8 Å². The van der Waals surface area contributed by atoms with Crippen molar-refractivity contribution in [2.24, 2.45) is 0 Å². The number of nitrogens with one attached hydrogen (secondary N) is 1. The highest BCUT2D eigenvalue weighted by Crippen LogP contribution is 2.33. The van der Waals surface area contributed by atoms with E-state index in [9.17, 15) is 0 Å². The Labute approximate surface area is 107 Å². The molecule has 0 saturated heterocycles.